The fourth-order valence-corrected chi connectivity index (χ4v) is 6.38. The summed E-state index contributed by atoms with van der Waals surface area (Å²) < 4.78 is 67.7. The molecule has 1 aliphatic heterocycles. The number of pyridine rings is 1. The monoisotopic (exact) mass is 592 g/mol. The summed E-state index contributed by atoms with van der Waals surface area (Å²) in [6.07, 6.45) is 4.08. The second-order valence-corrected chi connectivity index (χ2v) is 11.6. The molecule has 1 aliphatic carbocycles. The molecule has 2 aliphatic rings. The standard InChI is InChI=1S/C26H29F3N6O2S.CH2O2/c27-26(28,29)20-5-3-4-18(14-20)19-6-8-22(23(15-19)35-12-1-2-13-35)33-24-9-7-21(16-31-24)38(36,37)34-25-10-11-30-17-32-25;2-1-3/h3-5,7,9-11,14,16-17,19,22-23H,1-2,6,8,12-13,15H2,(H,31,33)(H,30,32,34);1H,(H,2,3)/t19-,22-,23-;/m0./s1. The van der Waals surface area contributed by atoms with E-state index in [1.165, 1.54) is 43.0 Å². The second-order valence-electron chi connectivity index (χ2n) is 9.88. The molecule has 14 heteroatoms. The summed E-state index contributed by atoms with van der Waals surface area (Å²) in [5, 5.41) is 10.4. The number of anilines is 2. The fourth-order valence-electron chi connectivity index (χ4n) is 5.43. The van der Waals surface area contributed by atoms with Crippen LogP contribution in [-0.2, 0) is 21.0 Å². The van der Waals surface area contributed by atoms with E-state index in [9.17, 15) is 21.6 Å². The van der Waals surface area contributed by atoms with E-state index in [1.807, 2.05) is 0 Å². The Bertz CT molecular complexity index is 1390. The Morgan fingerprint density at radius 1 is 1.02 bits per heavy atom. The van der Waals surface area contributed by atoms with Crippen LogP contribution in [-0.4, -0.2) is 65.0 Å². The lowest BCUT2D eigenvalue weighted by molar-refractivity contribution is -0.137. The van der Waals surface area contributed by atoms with Crippen LogP contribution in [0.3, 0.4) is 0 Å². The van der Waals surface area contributed by atoms with Crippen LogP contribution in [0.25, 0.3) is 0 Å². The molecule has 0 spiro atoms. The molecule has 41 heavy (non-hydrogen) atoms. The first-order valence-corrected chi connectivity index (χ1v) is 14.6. The number of hydrogen-bond acceptors (Lipinski definition) is 8. The van der Waals surface area contributed by atoms with Crippen LogP contribution >= 0.6 is 0 Å². The maximum Gasteiger partial charge on any atom is 0.416 e. The zero-order valence-corrected chi connectivity index (χ0v) is 22.9. The van der Waals surface area contributed by atoms with Crippen molar-refractivity contribution in [3.8, 4) is 0 Å². The van der Waals surface area contributed by atoms with Crippen molar-refractivity contribution in [1.29, 1.82) is 0 Å². The number of likely N-dealkylation sites (tertiary alicyclic amines) is 1. The van der Waals surface area contributed by atoms with E-state index in [0.29, 0.717) is 5.82 Å². The number of rotatable bonds is 7. The molecule has 2 fully saturated rings. The highest BCUT2D eigenvalue weighted by molar-refractivity contribution is 7.92. The van der Waals surface area contributed by atoms with Crippen LogP contribution in [0, 0.1) is 0 Å². The number of halogens is 3. The first-order chi connectivity index (χ1) is 19.6. The van der Waals surface area contributed by atoms with Crippen molar-refractivity contribution in [3.63, 3.8) is 0 Å². The van der Waals surface area contributed by atoms with Crippen LogP contribution in [0.5, 0.6) is 0 Å². The number of alkyl halides is 3. The van der Waals surface area contributed by atoms with Gasteiger partial charge >= 0.3 is 6.18 Å². The van der Waals surface area contributed by atoms with Gasteiger partial charge in [0.1, 0.15) is 22.9 Å². The molecule has 10 nitrogen and oxygen atoms in total. The minimum Gasteiger partial charge on any atom is -0.483 e. The van der Waals surface area contributed by atoms with Crippen molar-refractivity contribution in [2.24, 2.45) is 0 Å². The first kappa shape index (κ1) is 30.2. The maximum atomic E-state index is 13.3. The third-order valence-electron chi connectivity index (χ3n) is 7.31. The molecule has 5 rings (SSSR count). The van der Waals surface area contributed by atoms with Crippen molar-refractivity contribution in [3.05, 3.63) is 72.3 Å². The van der Waals surface area contributed by atoms with Gasteiger partial charge in [-0.25, -0.2) is 23.4 Å². The molecular weight excluding hydrogens is 561 g/mol. The highest BCUT2D eigenvalue weighted by atomic mass is 32.2. The van der Waals surface area contributed by atoms with Crippen LogP contribution in [0.4, 0.5) is 24.8 Å². The van der Waals surface area contributed by atoms with Crippen LogP contribution in [0.1, 0.15) is 49.1 Å². The number of nitrogens with zero attached hydrogens (tertiary/aromatic N) is 4. The predicted molar refractivity (Wildman–Crippen MR) is 146 cm³/mol. The van der Waals surface area contributed by atoms with Crippen LogP contribution < -0.4 is 10.0 Å². The number of aromatic nitrogens is 3. The summed E-state index contributed by atoms with van der Waals surface area (Å²) in [5.41, 5.74) is 0.118. The lowest BCUT2D eigenvalue weighted by Crippen LogP contribution is -2.49. The quantitative estimate of drug-likeness (QED) is 0.336. The Morgan fingerprint density at radius 2 is 1.78 bits per heavy atom. The van der Waals surface area contributed by atoms with E-state index in [1.54, 1.807) is 12.1 Å². The molecule has 1 saturated carbocycles. The lowest BCUT2D eigenvalue weighted by atomic mass is 9.77. The Labute approximate surface area is 236 Å². The van der Waals surface area contributed by atoms with Crippen LogP contribution in [0.2, 0.25) is 0 Å². The Morgan fingerprint density at radius 3 is 2.41 bits per heavy atom. The van der Waals surface area contributed by atoms with Gasteiger partial charge in [-0.1, -0.05) is 18.2 Å². The summed E-state index contributed by atoms with van der Waals surface area (Å²) >= 11 is 0. The topological polar surface area (TPSA) is 137 Å². The largest absolute Gasteiger partial charge is 0.483 e. The van der Waals surface area contributed by atoms with Gasteiger partial charge in [0.05, 0.1) is 5.56 Å². The Hall–Kier alpha value is -3.78. The average Bonchev–Trinajstić information content (AvgIpc) is 3.49. The first-order valence-electron chi connectivity index (χ1n) is 13.1. The zero-order valence-electron chi connectivity index (χ0n) is 22.0. The van der Waals surface area contributed by atoms with Gasteiger partial charge in [0.2, 0.25) is 0 Å². The number of carboxylic acid groups (broad SMARTS) is 1. The van der Waals surface area contributed by atoms with Gasteiger partial charge in [0, 0.05) is 24.5 Å². The molecule has 2 aromatic heterocycles. The van der Waals surface area contributed by atoms with E-state index in [4.69, 9.17) is 9.90 Å². The van der Waals surface area contributed by atoms with Gasteiger partial charge in [0.25, 0.3) is 16.5 Å². The SMILES string of the molecule is O=CO.O=S(=O)(Nc1ccncn1)c1ccc(N[C@H]2CC[C@H](c3cccc(C(F)(F)F)c3)C[C@@H]2N2CCCC2)nc1. The Balaban J connectivity index is 0.00000124. The molecule has 0 bridgehead atoms. The molecule has 1 saturated heterocycles. The van der Waals surface area contributed by atoms with Gasteiger partial charge < -0.3 is 10.4 Å². The summed E-state index contributed by atoms with van der Waals surface area (Å²) in [6, 6.07) is 10.4. The number of benzene rings is 1. The molecule has 3 N–H and O–H groups in total. The van der Waals surface area contributed by atoms with Crippen molar-refractivity contribution in [2.75, 3.05) is 23.1 Å². The molecule has 0 unspecified atom stereocenters. The number of nitrogens with one attached hydrogen (secondary N) is 2. The fraction of sp³-hybridized carbons (Fsp3) is 0.407. The maximum absolute atomic E-state index is 13.3. The minimum absolute atomic E-state index is 0.00556. The zero-order chi connectivity index (χ0) is 29.5. The van der Waals surface area contributed by atoms with E-state index in [-0.39, 0.29) is 35.2 Å². The molecule has 3 aromatic rings. The van der Waals surface area contributed by atoms with Crippen molar-refractivity contribution in [1.82, 2.24) is 19.9 Å². The van der Waals surface area contributed by atoms with Crippen molar-refractivity contribution < 1.29 is 31.5 Å². The second kappa shape index (κ2) is 13.3. The van der Waals surface area contributed by atoms with Gasteiger partial charge in [-0.2, -0.15) is 13.2 Å². The molecule has 0 radical (unpaired) electrons. The van der Waals surface area contributed by atoms with Gasteiger partial charge in [-0.3, -0.25) is 14.4 Å². The van der Waals surface area contributed by atoms with Gasteiger partial charge in [-0.15, -0.1) is 0 Å². The van der Waals surface area contributed by atoms with E-state index >= 15 is 0 Å². The summed E-state index contributed by atoms with van der Waals surface area (Å²) in [7, 11) is -3.86. The summed E-state index contributed by atoms with van der Waals surface area (Å²) in [4.78, 5) is 22.8. The average molecular weight is 593 g/mol. The van der Waals surface area contributed by atoms with E-state index in [2.05, 4.69) is 29.9 Å². The van der Waals surface area contributed by atoms with Gasteiger partial charge in [0.15, 0.2) is 0 Å². The number of carbonyl (C=O) groups is 1. The molecule has 220 valence electrons. The molecular formula is C27H31F3N6O4S. The number of sulfonamides is 1. The third kappa shape index (κ3) is 7.91. The van der Waals surface area contributed by atoms with Gasteiger partial charge in [-0.05, 0) is 80.9 Å². The highest BCUT2D eigenvalue weighted by Gasteiger charge is 2.37. The molecule has 3 heterocycles. The highest BCUT2D eigenvalue weighted by Crippen LogP contribution is 2.39. The Kier molecular flexibility index (Phi) is 9.76. The molecule has 0 amide bonds. The molecule has 3 atom stereocenters. The van der Waals surface area contributed by atoms with Crippen molar-refractivity contribution >= 4 is 28.1 Å². The summed E-state index contributed by atoms with van der Waals surface area (Å²) in [5.74, 6) is 0.750. The van der Waals surface area contributed by atoms with Crippen molar-refractivity contribution in [2.45, 2.75) is 61.2 Å². The lowest BCUT2D eigenvalue weighted by Gasteiger charge is -2.42. The minimum atomic E-state index is -4.36. The summed E-state index contributed by atoms with van der Waals surface area (Å²) in [6.45, 7) is 1.66. The normalized spacial score (nSPS) is 21.4. The predicted octanol–water partition coefficient (Wildman–Crippen LogP) is 4.60. The molecule has 1 aromatic carbocycles. The third-order valence-corrected chi connectivity index (χ3v) is 8.65. The van der Waals surface area contributed by atoms with Crippen LogP contribution in [0.15, 0.2) is 66.1 Å². The smallest absolute Gasteiger partial charge is 0.416 e. The van der Waals surface area contributed by atoms with E-state index < -0.39 is 21.8 Å². The number of hydrogen-bond donors (Lipinski definition) is 3. The van der Waals surface area contributed by atoms with E-state index in [0.717, 1.165) is 56.8 Å².